The number of likely N-dealkylation sites (tertiary alicyclic amines) is 1. The first kappa shape index (κ1) is 12.2. The second-order valence-corrected chi connectivity index (χ2v) is 5.24. The van der Waals surface area contributed by atoms with Gasteiger partial charge in [-0.05, 0) is 24.1 Å². The van der Waals surface area contributed by atoms with Gasteiger partial charge in [0.15, 0.2) is 0 Å². The molecule has 0 aliphatic carbocycles. The van der Waals surface area contributed by atoms with Crippen molar-refractivity contribution in [3.8, 4) is 0 Å². The molecule has 0 spiro atoms. The maximum absolute atomic E-state index is 11.0. The monoisotopic (exact) mass is 295 g/mol. The molecular formula is C13H14BrNO2. The van der Waals surface area contributed by atoms with E-state index in [1.54, 1.807) is 0 Å². The second-order valence-electron chi connectivity index (χ2n) is 4.32. The maximum atomic E-state index is 11.0. The first-order valence-corrected chi connectivity index (χ1v) is 6.24. The van der Waals surface area contributed by atoms with Gasteiger partial charge in [0.05, 0.1) is 0 Å². The highest BCUT2D eigenvalue weighted by Gasteiger charge is 2.39. The first-order chi connectivity index (χ1) is 8.07. The molecule has 17 heavy (non-hydrogen) atoms. The molecule has 4 heteroatoms. The molecule has 1 fully saturated rings. The van der Waals surface area contributed by atoms with Crippen LogP contribution in [0.25, 0.3) is 0 Å². The van der Waals surface area contributed by atoms with Crippen LogP contribution in [0.5, 0.6) is 0 Å². The molecular weight excluding hydrogens is 282 g/mol. The fourth-order valence-corrected chi connectivity index (χ4v) is 2.71. The van der Waals surface area contributed by atoms with Crippen molar-refractivity contribution in [2.75, 3.05) is 13.1 Å². The summed E-state index contributed by atoms with van der Waals surface area (Å²) in [7, 11) is 0. The van der Waals surface area contributed by atoms with Gasteiger partial charge in [0.1, 0.15) is 0 Å². The van der Waals surface area contributed by atoms with Gasteiger partial charge in [0.25, 0.3) is 0 Å². The Bertz CT molecular complexity index is 460. The largest absolute Gasteiger partial charge is 0.465 e. The lowest BCUT2D eigenvalue weighted by molar-refractivity contribution is 0.154. The van der Waals surface area contributed by atoms with E-state index in [-0.39, 0.29) is 5.41 Å². The SMILES string of the molecule is C=CC1(c2cccc(Br)c2)CCN(C(=O)O)C1. The van der Waals surface area contributed by atoms with Crippen LogP contribution in [0.2, 0.25) is 0 Å². The van der Waals surface area contributed by atoms with Crippen LogP contribution in [0.1, 0.15) is 12.0 Å². The average molecular weight is 296 g/mol. The van der Waals surface area contributed by atoms with E-state index in [9.17, 15) is 4.79 Å². The van der Waals surface area contributed by atoms with Crippen LogP contribution >= 0.6 is 15.9 Å². The fourth-order valence-electron chi connectivity index (χ4n) is 2.31. The molecule has 1 N–H and O–H groups in total. The summed E-state index contributed by atoms with van der Waals surface area (Å²) in [6.45, 7) is 4.93. The number of amides is 1. The number of rotatable bonds is 2. The van der Waals surface area contributed by atoms with Gasteiger partial charge < -0.3 is 10.0 Å². The molecule has 1 atom stereocenters. The zero-order chi connectivity index (χ0) is 12.5. The highest BCUT2D eigenvalue weighted by atomic mass is 79.9. The van der Waals surface area contributed by atoms with Crippen molar-refractivity contribution in [2.24, 2.45) is 0 Å². The van der Waals surface area contributed by atoms with E-state index in [1.165, 1.54) is 4.90 Å². The Morgan fingerprint density at radius 2 is 2.35 bits per heavy atom. The number of hydrogen-bond acceptors (Lipinski definition) is 1. The number of benzene rings is 1. The Balaban J connectivity index is 2.34. The minimum atomic E-state index is -0.858. The number of carboxylic acid groups (broad SMARTS) is 1. The fraction of sp³-hybridized carbons (Fsp3) is 0.308. The molecule has 90 valence electrons. The van der Waals surface area contributed by atoms with Gasteiger partial charge >= 0.3 is 6.09 Å². The van der Waals surface area contributed by atoms with Crippen LogP contribution in [0, 0.1) is 0 Å². The molecule has 1 amide bonds. The average Bonchev–Trinajstić information content (AvgIpc) is 2.75. The van der Waals surface area contributed by atoms with E-state index in [4.69, 9.17) is 5.11 Å². The van der Waals surface area contributed by atoms with Crippen LogP contribution in [0.15, 0.2) is 41.4 Å². The highest BCUT2D eigenvalue weighted by Crippen LogP contribution is 2.36. The third-order valence-electron chi connectivity index (χ3n) is 3.36. The van der Waals surface area contributed by atoms with E-state index in [1.807, 2.05) is 30.3 Å². The van der Waals surface area contributed by atoms with Gasteiger partial charge in [0.2, 0.25) is 0 Å². The zero-order valence-corrected chi connectivity index (χ0v) is 11.0. The molecule has 0 saturated carbocycles. The van der Waals surface area contributed by atoms with Crippen molar-refractivity contribution in [1.82, 2.24) is 4.90 Å². The Morgan fingerprint density at radius 1 is 1.59 bits per heavy atom. The van der Waals surface area contributed by atoms with Crippen LogP contribution in [0.3, 0.4) is 0 Å². The smallest absolute Gasteiger partial charge is 0.407 e. The summed E-state index contributed by atoms with van der Waals surface area (Å²) >= 11 is 3.44. The minimum absolute atomic E-state index is 0.248. The van der Waals surface area contributed by atoms with Gasteiger partial charge in [-0.25, -0.2) is 4.79 Å². The molecule has 1 heterocycles. The summed E-state index contributed by atoms with van der Waals surface area (Å²) < 4.78 is 1.00. The minimum Gasteiger partial charge on any atom is -0.465 e. The lowest BCUT2D eigenvalue weighted by Gasteiger charge is -2.25. The van der Waals surface area contributed by atoms with Crippen molar-refractivity contribution < 1.29 is 9.90 Å². The Morgan fingerprint density at radius 3 is 2.88 bits per heavy atom. The van der Waals surface area contributed by atoms with Crippen molar-refractivity contribution in [2.45, 2.75) is 11.8 Å². The Hall–Kier alpha value is -1.29. The van der Waals surface area contributed by atoms with Crippen LogP contribution < -0.4 is 0 Å². The second kappa shape index (κ2) is 4.53. The molecule has 1 saturated heterocycles. The quantitative estimate of drug-likeness (QED) is 0.851. The predicted octanol–water partition coefficient (Wildman–Crippen LogP) is 3.26. The van der Waals surface area contributed by atoms with Gasteiger partial charge in [-0.15, -0.1) is 6.58 Å². The topological polar surface area (TPSA) is 40.5 Å². The van der Waals surface area contributed by atoms with Gasteiger partial charge in [-0.2, -0.15) is 0 Å². The van der Waals surface area contributed by atoms with Crippen molar-refractivity contribution >= 4 is 22.0 Å². The normalized spacial score (nSPS) is 23.7. The van der Waals surface area contributed by atoms with E-state index >= 15 is 0 Å². The van der Waals surface area contributed by atoms with Crippen molar-refractivity contribution in [3.63, 3.8) is 0 Å². The van der Waals surface area contributed by atoms with Crippen molar-refractivity contribution in [1.29, 1.82) is 0 Å². The summed E-state index contributed by atoms with van der Waals surface area (Å²) in [4.78, 5) is 12.4. The summed E-state index contributed by atoms with van der Waals surface area (Å²) in [6.07, 6.45) is 1.81. The molecule has 0 aromatic heterocycles. The molecule has 1 aromatic rings. The predicted molar refractivity (Wildman–Crippen MR) is 70.2 cm³/mol. The highest BCUT2D eigenvalue weighted by molar-refractivity contribution is 9.10. The first-order valence-electron chi connectivity index (χ1n) is 5.45. The summed E-state index contributed by atoms with van der Waals surface area (Å²) in [5.74, 6) is 0. The van der Waals surface area contributed by atoms with E-state index < -0.39 is 6.09 Å². The van der Waals surface area contributed by atoms with E-state index in [0.717, 1.165) is 16.5 Å². The van der Waals surface area contributed by atoms with Crippen molar-refractivity contribution in [3.05, 3.63) is 47.0 Å². The van der Waals surface area contributed by atoms with E-state index in [0.29, 0.717) is 13.1 Å². The number of nitrogens with zero attached hydrogens (tertiary/aromatic N) is 1. The molecule has 1 unspecified atom stereocenters. The van der Waals surface area contributed by atoms with Gasteiger partial charge in [-0.3, -0.25) is 0 Å². The third kappa shape index (κ3) is 2.22. The van der Waals surface area contributed by atoms with Crippen LogP contribution in [0.4, 0.5) is 4.79 Å². The molecule has 1 aliphatic heterocycles. The van der Waals surface area contributed by atoms with E-state index in [2.05, 4.69) is 22.5 Å². The Kier molecular flexibility index (Phi) is 3.24. The van der Waals surface area contributed by atoms with Gasteiger partial charge in [-0.1, -0.05) is 34.1 Å². The van der Waals surface area contributed by atoms with Crippen LogP contribution in [-0.4, -0.2) is 29.2 Å². The molecule has 0 bridgehead atoms. The summed E-state index contributed by atoms with van der Waals surface area (Å²) in [6, 6.07) is 7.99. The zero-order valence-electron chi connectivity index (χ0n) is 9.40. The molecule has 2 rings (SSSR count). The number of hydrogen-bond donors (Lipinski definition) is 1. The third-order valence-corrected chi connectivity index (χ3v) is 3.85. The van der Waals surface area contributed by atoms with Gasteiger partial charge in [0, 0.05) is 23.0 Å². The molecule has 1 aromatic carbocycles. The summed E-state index contributed by atoms with van der Waals surface area (Å²) in [5, 5.41) is 9.02. The lowest BCUT2D eigenvalue weighted by Crippen LogP contribution is -2.32. The van der Waals surface area contributed by atoms with Crippen LogP contribution in [-0.2, 0) is 5.41 Å². The standard InChI is InChI=1S/C13H14BrNO2/c1-2-13(6-7-15(9-13)12(16)17)10-4-3-5-11(14)8-10/h2-5,8H,1,6-7,9H2,(H,16,17). The molecule has 0 radical (unpaired) electrons. The Labute approximate surface area is 109 Å². The summed E-state index contributed by atoms with van der Waals surface area (Å²) in [5.41, 5.74) is 0.868. The number of carbonyl (C=O) groups is 1. The molecule has 3 nitrogen and oxygen atoms in total. The molecule has 1 aliphatic rings. The maximum Gasteiger partial charge on any atom is 0.407 e. The lowest BCUT2D eigenvalue weighted by atomic mass is 9.80. The number of halogens is 1.